The minimum absolute atomic E-state index is 0.173. The number of sulfonamides is 1. The van der Waals surface area contributed by atoms with E-state index in [2.05, 4.69) is 10.3 Å². The smallest absolute Gasteiger partial charge is 0.243 e. The van der Waals surface area contributed by atoms with Crippen molar-refractivity contribution in [3.05, 3.63) is 82.7 Å². The van der Waals surface area contributed by atoms with Gasteiger partial charge in [0.2, 0.25) is 15.9 Å². The summed E-state index contributed by atoms with van der Waals surface area (Å²) in [5, 5.41) is 7.68. The number of thiazole rings is 1. The van der Waals surface area contributed by atoms with E-state index in [0.717, 1.165) is 36.9 Å². The monoisotopic (exact) mass is 479 g/mol. The molecule has 3 aromatic carbocycles. The number of carbonyl (C=O) groups is 1. The van der Waals surface area contributed by atoms with Crippen molar-refractivity contribution in [3.8, 4) is 11.3 Å². The fraction of sp³-hybridized carbons (Fsp3) is 0.200. The fourth-order valence-corrected chi connectivity index (χ4v) is 5.32. The van der Waals surface area contributed by atoms with Gasteiger partial charge in [0.25, 0.3) is 0 Å². The molecule has 0 bridgehead atoms. The van der Waals surface area contributed by atoms with Crippen LogP contribution in [0.5, 0.6) is 0 Å². The molecule has 0 fully saturated rings. The molecule has 6 nitrogen and oxygen atoms in total. The van der Waals surface area contributed by atoms with Gasteiger partial charge in [-0.25, -0.2) is 13.4 Å². The second kappa shape index (κ2) is 9.82. The third kappa shape index (κ3) is 5.47. The van der Waals surface area contributed by atoms with Crippen molar-refractivity contribution in [2.75, 3.05) is 20.1 Å². The lowest BCUT2D eigenvalue weighted by molar-refractivity contribution is -0.121. The van der Waals surface area contributed by atoms with Gasteiger partial charge in [-0.2, -0.15) is 4.31 Å². The highest BCUT2D eigenvalue weighted by atomic mass is 32.2. The van der Waals surface area contributed by atoms with Gasteiger partial charge in [-0.15, -0.1) is 11.3 Å². The average molecular weight is 480 g/mol. The predicted molar refractivity (Wildman–Crippen MR) is 133 cm³/mol. The topological polar surface area (TPSA) is 79.4 Å². The van der Waals surface area contributed by atoms with E-state index in [4.69, 9.17) is 0 Å². The van der Waals surface area contributed by atoms with Crippen molar-refractivity contribution in [2.24, 2.45) is 0 Å². The molecule has 1 heterocycles. The normalized spacial score (nSPS) is 11.7. The molecule has 0 radical (unpaired) electrons. The number of hydrogen-bond acceptors (Lipinski definition) is 5. The first-order chi connectivity index (χ1) is 15.8. The van der Waals surface area contributed by atoms with Crippen molar-refractivity contribution in [1.82, 2.24) is 14.6 Å². The lowest BCUT2D eigenvalue weighted by atomic mass is 10.1. The first-order valence-corrected chi connectivity index (χ1v) is 12.9. The minimum Gasteiger partial charge on any atom is -0.355 e. The number of aryl methyl sites for hydroxylation is 1. The van der Waals surface area contributed by atoms with Crippen molar-refractivity contribution in [3.63, 3.8) is 0 Å². The van der Waals surface area contributed by atoms with Gasteiger partial charge in [-0.1, -0.05) is 54.6 Å². The van der Waals surface area contributed by atoms with Gasteiger partial charge in [0.05, 0.1) is 22.1 Å². The average Bonchev–Trinajstić information content (AvgIpc) is 3.25. The number of rotatable bonds is 8. The predicted octanol–water partition coefficient (Wildman–Crippen LogP) is 4.25. The van der Waals surface area contributed by atoms with E-state index >= 15 is 0 Å². The van der Waals surface area contributed by atoms with E-state index in [1.54, 1.807) is 29.5 Å². The molecule has 4 aromatic rings. The van der Waals surface area contributed by atoms with Gasteiger partial charge < -0.3 is 5.32 Å². The number of nitrogens with zero attached hydrogens (tertiary/aromatic N) is 2. The Balaban J connectivity index is 1.30. The Morgan fingerprint density at radius 2 is 1.76 bits per heavy atom. The number of nitrogens with one attached hydrogen (secondary N) is 1. The summed E-state index contributed by atoms with van der Waals surface area (Å²) in [6, 6.07) is 20.6. The van der Waals surface area contributed by atoms with Gasteiger partial charge in [0, 0.05) is 24.5 Å². The highest BCUT2D eigenvalue weighted by Gasteiger charge is 2.23. The van der Waals surface area contributed by atoms with E-state index in [-0.39, 0.29) is 17.3 Å². The minimum atomic E-state index is -3.76. The summed E-state index contributed by atoms with van der Waals surface area (Å²) in [7, 11) is -2.35. The molecule has 0 aliphatic heterocycles. The molecular formula is C25H25N3O3S2. The van der Waals surface area contributed by atoms with Crippen molar-refractivity contribution in [2.45, 2.75) is 18.2 Å². The molecule has 33 heavy (non-hydrogen) atoms. The second-order valence-corrected chi connectivity index (χ2v) is 10.9. The zero-order chi connectivity index (χ0) is 23.4. The number of aromatic nitrogens is 1. The summed E-state index contributed by atoms with van der Waals surface area (Å²) in [6.07, 6.45) is 0.656. The fourth-order valence-electron chi connectivity index (χ4n) is 3.54. The Bertz CT molecular complexity index is 1380. The summed E-state index contributed by atoms with van der Waals surface area (Å²) in [4.78, 5) is 17.0. The number of likely N-dealkylation sites (N-methyl/N-ethyl adjacent to an activating group) is 1. The number of benzene rings is 3. The van der Waals surface area contributed by atoms with Gasteiger partial charge >= 0.3 is 0 Å². The number of fused-ring (bicyclic) bond motifs is 1. The Kier molecular flexibility index (Phi) is 6.88. The molecule has 0 saturated heterocycles. The van der Waals surface area contributed by atoms with Gasteiger partial charge in [0.1, 0.15) is 0 Å². The molecule has 170 valence electrons. The molecule has 0 saturated carbocycles. The van der Waals surface area contributed by atoms with Crippen LogP contribution in [0.15, 0.2) is 77.0 Å². The van der Waals surface area contributed by atoms with Crippen molar-refractivity contribution < 1.29 is 13.2 Å². The zero-order valence-electron chi connectivity index (χ0n) is 18.5. The standard InChI is InChI=1S/C25H25N3O3S2/c1-18-27-24(17-32-18)21-9-7-19(8-10-21)13-14-26-25(29)16-28(2)33(30,31)23-12-11-20-5-3-4-6-22(20)15-23/h3-12,15,17H,13-14,16H2,1-2H3,(H,26,29). The van der Waals surface area contributed by atoms with Crippen LogP contribution in [-0.2, 0) is 21.2 Å². The number of hydrogen-bond donors (Lipinski definition) is 1. The first-order valence-electron chi connectivity index (χ1n) is 10.6. The Labute approximate surface area is 198 Å². The lowest BCUT2D eigenvalue weighted by Gasteiger charge is -2.17. The van der Waals surface area contributed by atoms with Crippen LogP contribution in [0, 0.1) is 6.92 Å². The maximum atomic E-state index is 12.9. The molecule has 0 aliphatic carbocycles. The SMILES string of the molecule is Cc1nc(-c2ccc(CCNC(=O)CN(C)S(=O)(=O)c3ccc4ccccc4c3)cc2)cs1. The molecule has 0 unspecified atom stereocenters. The van der Waals surface area contributed by atoms with Crippen LogP contribution < -0.4 is 5.32 Å². The van der Waals surface area contributed by atoms with E-state index in [9.17, 15) is 13.2 Å². The second-order valence-electron chi connectivity index (χ2n) is 7.82. The van der Waals surface area contributed by atoms with Gasteiger partial charge in [-0.05, 0) is 41.8 Å². The molecule has 4 rings (SSSR count). The van der Waals surface area contributed by atoms with Crippen LogP contribution in [0.4, 0.5) is 0 Å². The van der Waals surface area contributed by atoms with Gasteiger partial charge in [0.15, 0.2) is 0 Å². The Morgan fingerprint density at radius 3 is 2.45 bits per heavy atom. The highest BCUT2D eigenvalue weighted by Crippen LogP contribution is 2.22. The third-order valence-electron chi connectivity index (χ3n) is 5.40. The number of amides is 1. The van der Waals surface area contributed by atoms with E-state index in [0.29, 0.717) is 13.0 Å². The maximum absolute atomic E-state index is 12.9. The van der Waals surface area contributed by atoms with Crippen LogP contribution in [0.1, 0.15) is 10.6 Å². The molecule has 1 amide bonds. The zero-order valence-corrected chi connectivity index (χ0v) is 20.1. The van der Waals surface area contributed by atoms with Gasteiger partial charge in [-0.3, -0.25) is 4.79 Å². The summed E-state index contributed by atoms with van der Waals surface area (Å²) >= 11 is 1.62. The first kappa shape index (κ1) is 23.1. The molecule has 0 atom stereocenters. The summed E-state index contributed by atoms with van der Waals surface area (Å²) < 4.78 is 26.9. The summed E-state index contributed by atoms with van der Waals surface area (Å²) in [5.74, 6) is -0.337. The molecule has 1 N–H and O–H groups in total. The van der Waals surface area contributed by atoms with Crippen LogP contribution >= 0.6 is 11.3 Å². The summed E-state index contributed by atoms with van der Waals surface area (Å²) in [5.41, 5.74) is 3.11. The van der Waals surface area contributed by atoms with E-state index < -0.39 is 10.0 Å². The number of carbonyl (C=O) groups excluding carboxylic acids is 1. The lowest BCUT2D eigenvalue weighted by Crippen LogP contribution is -2.39. The van der Waals surface area contributed by atoms with Crippen molar-refractivity contribution in [1.29, 1.82) is 0 Å². The highest BCUT2D eigenvalue weighted by molar-refractivity contribution is 7.89. The van der Waals surface area contributed by atoms with Crippen molar-refractivity contribution >= 4 is 38.0 Å². The summed E-state index contributed by atoms with van der Waals surface area (Å²) in [6.45, 7) is 2.17. The molecular weight excluding hydrogens is 454 g/mol. The molecule has 0 spiro atoms. The molecule has 1 aromatic heterocycles. The molecule has 8 heteroatoms. The Morgan fingerprint density at radius 1 is 1.03 bits per heavy atom. The van der Waals surface area contributed by atoms with Crippen LogP contribution in [-0.4, -0.2) is 43.8 Å². The Hall–Kier alpha value is -3.07. The largest absolute Gasteiger partial charge is 0.355 e. The van der Waals surface area contributed by atoms with Crippen LogP contribution in [0.25, 0.3) is 22.0 Å². The maximum Gasteiger partial charge on any atom is 0.243 e. The van der Waals surface area contributed by atoms with E-state index in [1.807, 2.05) is 60.8 Å². The van der Waals surface area contributed by atoms with Crippen LogP contribution in [0.3, 0.4) is 0 Å². The molecule has 0 aliphatic rings. The van der Waals surface area contributed by atoms with Crippen LogP contribution in [0.2, 0.25) is 0 Å². The quantitative estimate of drug-likeness (QED) is 0.410. The van der Waals surface area contributed by atoms with E-state index in [1.165, 1.54) is 7.05 Å². The third-order valence-corrected chi connectivity index (χ3v) is 7.97.